The van der Waals surface area contributed by atoms with Gasteiger partial charge in [-0.2, -0.15) is 0 Å². The molecule has 0 aliphatic rings. The Kier molecular flexibility index (Phi) is 7.11. The molecule has 0 bridgehead atoms. The molecule has 0 aliphatic carbocycles. The molecule has 0 aliphatic heterocycles. The molecule has 0 aromatic heterocycles. The van der Waals surface area contributed by atoms with Crippen LogP contribution in [0, 0.1) is 0 Å². The molecule has 0 atom stereocenters. The van der Waals surface area contributed by atoms with Crippen LogP contribution in [0.25, 0.3) is 0 Å². The van der Waals surface area contributed by atoms with Crippen LogP contribution in [0.4, 0.5) is 0 Å². The third-order valence-electron chi connectivity index (χ3n) is 4.31. The molecule has 0 saturated heterocycles. The molecule has 6 heteroatoms. The molecule has 0 fully saturated rings. The van der Waals surface area contributed by atoms with E-state index in [0.29, 0.717) is 24.2 Å². The molecule has 0 unspecified atom stereocenters. The van der Waals surface area contributed by atoms with Crippen molar-refractivity contribution < 1.29 is 14.4 Å². The van der Waals surface area contributed by atoms with E-state index in [9.17, 15) is 14.4 Å². The highest BCUT2D eigenvalue weighted by Gasteiger charge is 2.19. The van der Waals surface area contributed by atoms with E-state index in [1.807, 2.05) is 37.3 Å². The molecule has 6 nitrogen and oxygen atoms in total. The van der Waals surface area contributed by atoms with Crippen molar-refractivity contribution in [2.75, 3.05) is 20.1 Å². The number of primary amides is 1. The van der Waals surface area contributed by atoms with Gasteiger partial charge in [0.2, 0.25) is 5.91 Å². The zero-order valence-electron chi connectivity index (χ0n) is 15.7. The Hall–Kier alpha value is -3.15. The van der Waals surface area contributed by atoms with E-state index < -0.39 is 5.91 Å². The van der Waals surface area contributed by atoms with Crippen LogP contribution in [-0.2, 0) is 11.3 Å². The lowest BCUT2D eigenvalue weighted by atomic mass is 10.1. The van der Waals surface area contributed by atoms with Crippen LogP contribution < -0.4 is 5.73 Å². The minimum Gasteiger partial charge on any atom is -0.370 e. The van der Waals surface area contributed by atoms with Crippen molar-refractivity contribution in [3.05, 3.63) is 71.3 Å². The van der Waals surface area contributed by atoms with Crippen molar-refractivity contribution in [2.45, 2.75) is 19.9 Å². The van der Waals surface area contributed by atoms with E-state index in [1.54, 1.807) is 41.1 Å². The maximum atomic E-state index is 13.0. The maximum Gasteiger partial charge on any atom is 0.254 e. The third-order valence-corrected chi connectivity index (χ3v) is 4.31. The Balaban J connectivity index is 2.25. The molecule has 0 saturated carbocycles. The Morgan fingerprint density at radius 1 is 0.926 bits per heavy atom. The van der Waals surface area contributed by atoms with Crippen LogP contribution in [0.2, 0.25) is 0 Å². The molecule has 0 spiro atoms. The summed E-state index contributed by atoms with van der Waals surface area (Å²) >= 11 is 0. The van der Waals surface area contributed by atoms with Crippen molar-refractivity contribution in [3.8, 4) is 0 Å². The zero-order chi connectivity index (χ0) is 19.8. The summed E-state index contributed by atoms with van der Waals surface area (Å²) in [5.41, 5.74) is 7.08. The molecule has 142 valence electrons. The van der Waals surface area contributed by atoms with E-state index in [2.05, 4.69) is 0 Å². The number of carbonyl (C=O) groups excluding carboxylic acids is 3. The zero-order valence-corrected chi connectivity index (χ0v) is 15.7. The standard InChI is InChI=1S/C21H25N3O3/c1-3-23(2)20(26)17-10-7-11-18(14-17)21(27)24(13-12-19(22)25)15-16-8-5-4-6-9-16/h4-11,14H,3,12-13,15H2,1-2H3,(H2,22,25). The summed E-state index contributed by atoms with van der Waals surface area (Å²) in [6, 6.07) is 16.2. The molecule has 2 rings (SSSR count). The second-order valence-electron chi connectivity index (χ2n) is 6.33. The van der Waals surface area contributed by atoms with Crippen LogP contribution in [-0.4, -0.2) is 47.7 Å². The second kappa shape index (κ2) is 9.52. The maximum absolute atomic E-state index is 13.0. The lowest BCUT2D eigenvalue weighted by molar-refractivity contribution is -0.118. The van der Waals surface area contributed by atoms with Crippen molar-refractivity contribution in [2.24, 2.45) is 5.73 Å². The first-order valence-corrected chi connectivity index (χ1v) is 8.89. The van der Waals surface area contributed by atoms with Crippen molar-refractivity contribution in [3.63, 3.8) is 0 Å². The van der Waals surface area contributed by atoms with Crippen LogP contribution in [0.5, 0.6) is 0 Å². The van der Waals surface area contributed by atoms with Crippen LogP contribution in [0.3, 0.4) is 0 Å². The van der Waals surface area contributed by atoms with Gasteiger partial charge in [0.15, 0.2) is 0 Å². The fraction of sp³-hybridized carbons (Fsp3) is 0.286. The molecule has 0 radical (unpaired) electrons. The summed E-state index contributed by atoms with van der Waals surface area (Å²) in [7, 11) is 1.71. The minimum absolute atomic E-state index is 0.0791. The average molecular weight is 367 g/mol. The molecule has 3 amide bonds. The number of benzene rings is 2. The number of nitrogens with zero attached hydrogens (tertiary/aromatic N) is 2. The van der Waals surface area contributed by atoms with Crippen molar-refractivity contribution in [1.82, 2.24) is 9.80 Å². The van der Waals surface area contributed by atoms with Gasteiger partial charge in [-0.25, -0.2) is 0 Å². The first-order chi connectivity index (χ1) is 12.9. The topological polar surface area (TPSA) is 83.7 Å². The van der Waals surface area contributed by atoms with Crippen LogP contribution in [0.1, 0.15) is 39.6 Å². The lowest BCUT2D eigenvalue weighted by Gasteiger charge is -2.23. The largest absolute Gasteiger partial charge is 0.370 e. The average Bonchev–Trinajstić information content (AvgIpc) is 2.70. The number of carbonyl (C=O) groups is 3. The Labute approximate surface area is 159 Å². The Bertz CT molecular complexity index is 805. The molecule has 27 heavy (non-hydrogen) atoms. The highest BCUT2D eigenvalue weighted by Crippen LogP contribution is 2.14. The number of hydrogen-bond acceptors (Lipinski definition) is 3. The first kappa shape index (κ1) is 20.2. The molecular formula is C21H25N3O3. The van der Waals surface area contributed by atoms with Crippen molar-refractivity contribution in [1.29, 1.82) is 0 Å². The quantitative estimate of drug-likeness (QED) is 0.777. The van der Waals surface area contributed by atoms with E-state index >= 15 is 0 Å². The van der Waals surface area contributed by atoms with Gasteiger partial charge in [-0.3, -0.25) is 14.4 Å². The van der Waals surface area contributed by atoms with E-state index in [1.165, 1.54) is 0 Å². The monoisotopic (exact) mass is 367 g/mol. The normalized spacial score (nSPS) is 10.3. The Morgan fingerprint density at radius 2 is 1.56 bits per heavy atom. The number of amides is 3. The highest BCUT2D eigenvalue weighted by atomic mass is 16.2. The van der Waals surface area contributed by atoms with Gasteiger partial charge >= 0.3 is 0 Å². The lowest BCUT2D eigenvalue weighted by Crippen LogP contribution is -2.34. The van der Waals surface area contributed by atoms with E-state index in [0.717, 1.165) is 5.56 Å². The van der Waals surface area contributed by atoms with Gasteiger partial charge in [0.05, 0.1) is 0 Å². The molecular weight excluding hydrogens is 342 g/mol. The molecule has 0 heterocycles. The SMILES string of the molecule is CCN(C)C(=O)c1cccc(C(=O)N(CCC(N)=O)Cc2ccccc2)c1. The fourth-order valence-electron chi connectivity index (χ4n) is 2.63. The fourth-order valence-corrected chi connectivity index (χ4v) is 2.63. The smallest absolute Gasteiger partial charge is 0.254 e. The van der Waals surface area contributed by atoms with Crippen LogP contribution >= 0.6 is 0 Å². The van der Waals surface area contributed by atoms with Crippen molar-refractivity contribution >= 4 is 17.7 Å². The minimum atomic E-state index is -0.464. The summed E-state index contributed by atoms with van der Waals surface area (Å²) < 4.78 is 0. The van der Waals surface area contributed by atoms with Gasteiger partial charge in [-0.05, 0) is 30.7 Å². The third kappa shape index (κ3) is 5.67. The van der Waals surface area contributed by atoms with E-state index in [-0.39, 0.29) is 24.8 Å². The molecule has 2 aromatic carbocycles. The first-order valence-electron chi connectivity index (χ1n) is 8.89. The second-order valence-corrected chi connectivity index (χ2v) is 6.33. The summed E-state index contributed by atoms with van der Waals surface area (Å²) in [6.45, 7) is 3.05. The highest BCUT2D eigenvalue weighted by molar-refractivity contribution is 5.99. The van der Waals surface area contributed by atoms with Gasteiger partial charge in [0, 0.05) is 44.2 Å². The van der Waals surface area contributed by atoms with Gasteiger partial charge in [-0.15, -0.1) is 0 Å². The summed E-state index contributed by atoms with van der Waals surface area (Å²) in [4.78, 5) is 39.8. The van der Waals surface area contributed by atoms with E-state index in [4.69, 9.17) is 5.73 Å². The predicted octanol–water partition coefficient (Wildman–Crippen LogP) is 2.30. The van der Waals surface area contributed by atoms with Gasteiger partial charge in [0.25, 0.3) is 11.8 Å². The summed E-state index contributed by atoms with van der Waals surface area (Å²) in [5, 5.41) is 0. The van der Waals surface area contributed by atoms with Crippen LogP contribution in [0.15, 0.2) is 54.6 Å². The van der Waals surface area contributed by atoms with Gasteiger partial charge in [0.1, 0.15) is 0 Å². The van der Waals surface area contributed by atoms with Gasteiger partial charge in [-0.1, -0.05) is 36.4 Å². The predicted molar refractivity (Wildman–Crippen MR) is 104 cm³/mol. The molecule has 2 N–H and O–H groups in total. The number of nitrogens with two attached hydrogens (primary N) is 1. The summed E-state index contributed by atoms with van der Waals surface area (Å²) in [6.07, 6.45) is 0.0791. The molecule has 2 aromatic rings. The number of rotatable bonds is 8. The van der Waals surface area contributed by atoms with Gasteiger partial charge < -0.3 is 15.5 Å². The summed E-state index contributed by atoms with van der Waals surface area (Å²) in [5.74, 6) is -0.845. The number of hydrogen-bond donors (Lipinski definition) is 1. The Morgan fingerprint density at radius 3 is 2.15 bits per heavy atom.